The Bertz CT molecular complexity index is 633. The molecular formula is C17H16. The third-order valence-electron chi connectivity index (χ3n) is 2.83. The molecule has 0 heterocycles. The summed E-state index contributed by atoms with van der Waals surface area (Å²) in [6.45, 7) is 5.91. The van der Waals surface area contributed by atoms with Gasteiger partial charge in [0.1, 0.15) is 0 Å². The predicted octanol–water partition coefficient (Wildman–Crippen LogP) is 2.96. The van der Waals surface area contributed by atoms with E-state index in [2.05, 4.69) is 68.1 Å². The average Bonchev–Trinajstić information content (AvgIpc) is 2.40. The lowest BCUT2D eigenvalue weighted by molar-refractivity contribution is 1.49. The molecule has 0 aliphatic carbocycles. The Kier molecular flexibility index (Phi) is 3.56. The molecule has 0 radical (unpaired) electrons. The molecule has 0 saturated heterocycles. The Balaban J connectivity index is 2.67. The van der Waals surface area contributed by atoms with E-state index in [-0.39, 0.29) is 0 Å². The third kappa shape index (κ3) is 2.54. The molecule has 0 aliphatic rings. The highest BCUT2D eigenvalue weighted by Gasteiger charge is 1.93. The van der Waals surface area contributed by atoms with Gasteiger partial charge in [0.15, 0.2) is 0 Å². The SMILES string of the molecule is C=Cc1ccccc1/C=c1/cccc/c1=C/C. The van der Waals surface area contributed by atoms with Crippen molar-refractivity contribution in [3.63, 3.8) is 0 Å². The van der Waals surface area contributed by atoms with Gasteiger partial charge in [0, 0.05) is 0 Å². The molecule has 0 unspecified atom stereocenters. The molecule has 0 bridgehead atoms. The van der Waals surface area contributed by atoms with Gasteiger partial charge in [0.25, 0.3) is 0 Å². The Morgan fingerprint density at radius 2 is 1.41 bits per heavy atom. The van der Waals surface area contributed by atoms with Crippen LogP contribution in [0.3, 0.4) is 0 Å². The fourth-order valence-corrected chi connectivity index (χ4v) is 1.90. The minimum Gasteiger partial charge on any atom is -0.0984 e. The van der Waals surface area contributed by atoms with Crippen molar-refractivity contribution in [2.24, 2.45) is 0 Å². The van der Waals surface area contributed by atoms with Crippen LogP contribution in [0.2, 0.25) is 0 Å². The number of rotatable bonds is 2. The molecule has 2 aromatic rings. The number of hydrogen-bond acceptors (Lipinski definition) is 0. The molecule has 0 saturated carbocycles. The first-order valence-corrected chi connectivity index (χ1v) is 5.79. The molecule has 0 aliphatic heterocycles. The zero-order valence-electron chi connectivity index (χ0n) is 10.1. The van der Waals surface area contributed by atoms with Crippen molar-refractivity contribution >= 4 is 18.2 Å². The second-order valence-electron chi connectivity index (χ2n) is 3.89. The number of hydrogen-bond donors (Lipinski definition) is 0. The molecule has 0 amide bonds. The van der Waals surface area contributed by atoms with Crippen LogP contribution in [0.4, 0.5) is 0 Å². The van der Waals surface area contributed by atoms with E-state index in [1.54, 1.807) is 0 Å². The Labute approximate surface area is 102 Å². The maximum atomic E-state index is 3.85. The van der Waals surface area contributed by atoms with Crippen LogP contribution in [-0.4, -0.2) is 0 Å². The van der Waals surface area contributed by atoms with E-state index >= 15 is 0 Å². The van der Waals surface area contributed by atoms with Crippen LogP contribution in [0, 0.1) is 0 Å². The zero-order chi connectivity index (χ0) is 12.1. The summed E-state index contributed by atoms with van der Waals surface area (Å²) in [4.78, 5) is 0. The lowest BCUT2D eigenvalue weighted by Crippen LogP contribution is -2.23. The van der Waals surface area contributed by atoms with Gasteiger partial charge in [-0.2, -0.15) is 0 Å². The summed E-state index contributed by atoms with van der Waals surface area (Å²) in [6, 6.07) is 16.7. The van der Waals surface area contributed by atoms with Crippen LogP contribution in [0.15, 0.2) is 55.1 Å². The largest absolute Gasteiger partial charge is 0.0984 e. The van der Waals surface area contributed by atoms with Crippen molar-refractivity contribution in [3.8, 4) is 0 Å². The Hall–Kier alpha value is -2.08. The molecule has 0 atom stereocenters. The van der Waals surface area contributed by atoms with Gasteiger partial charge < -0.3 is 0 Å². The van der Waals surface area contributed by atoms with E-state index < -0.39 is 0 Å². The summed E-state index contributed by atoms with van der Waals surface area (Å²) >= 11 is 0. The van der Waals surface area contributed by atoms with Gasteiger partial charge in [-0.05, 0) is 34.6 Å². The van der Waals surface area contributed by atoms with Crippen LogP contribution >= 0.6 is 0 Å². The van der Waals surface area contributed by atoms with Crippen LogP contribution in [-0.2, 0) is 0 Å². The van der Waals surface area contributed by atoms with Crippen molar-refractivity contribution in [3.05, 3.63) is 76.7 Å². The van der Waals surface area contributed by atoms with Crippen molar-refractivity contribution < 1.29 is 0 Å². The maximum absolute atomic E-state index is 3.85. The molecule has 84 valence electrons. The first kappa shape index (κ1) is 11.4. The van der Waals surface area contributed by atoms with Crippen LogP contribution in [0.25, 0.3) is 18.2 Å². The van der Waals surface area contributed by atoms with Crippen LogP contribution in [0.1, 0.15) is 18.1 Å². The van der Waals surface area contributed by atoms with E-state index in [1.165, 1.54) is 21.6 Å². The molecule has 0 nitrogen and oxygen atoms in total. The van der Waals surface area contributed by atoms with Crippen molar-refractivity contribution in [1.29, 1.82) is 0 Å². The van der Waals surface area contributed by atoms with Gasteiger partial charge in [-0.1, -0.05) is 67.3 Å². The second kappa shape index (κ2) is 5.31. The Morgan fingerprint density at radius 3 is 2.06 bits per heavy atom. The normalized spacial score (nSPS) is 12.8. The van der Waals surface area contributed by atoms with Crippen molar-refractivity contribution in [2.45, 2.75) is 6.92 Å². The summed E-state index contributed by atoms with van der Waals surface area (Å²) in [5.74, 6) is 0. The highest BCUT2D eigenvalue weighted by Crippen LogP contribution is 2.09. The van der Waals surface area contributed by atoms with Crippen molar-refractivity contribution in [2.75, 3.05) is 0 Å². The molecule has 2 aromatic carbocycles. The molecule has 0 fully saturated rings. The molecular weight excluding hydrogens is 204 g/mol. The fourth-order valence-electron chi connectivity index (χ4n) is 1.90. The summed E-state index contributed by atoms with van der Waals surface area (Å²) in [6.07, 6.45) is 6.22. The Morgan fingerprint density at radius 1 is 0.824 bits per heavy atom. The highest BCUT2D eigenvalue weighted by molar-refractivity contribution is 5.64. The van der Waals surface area contributed by atoms with Gasteiger partial charge in [0.05, 0.1) is 0 Å². The zero-order valence-corrected chi connectivity index (χ0v) is 10.1. The smallest absolute Gasteiger partial charge is 0.0178 e. The minimum atomic E-state index is 1.17. The van der Waals surface area contributed by atoms with E-state index in [0.29, 0.717) is 0 Å². The number of benzene rings is 2. The lowest BCUT2D eigenvalue weighted by atomic mass is 10.1. The topological polar surface area (TPSA) is 0 Å². The second-order valence-corrected chi connectivity index (χ2v) is 3.89. The lowest BCUT2D eigenvalue weighted by Gasteiger charge is -1.99. The van der Waals surface area contributed by atoms with E-state index in [1.807, 2.05) is 12.1 Å². The molecule has 0 heteroatoms. The molecule has 17 heavy (non-hydrogen) atoms. The van der Waals surface area contributed by atoms with Gasteiger partial charge in [-0.25, -0.2) is 0 Å². The summed E-state index contributed by atoms with van der Waals surface area (Å²) in [7, 11) is 0. The molecule has 0 aromatic heterocycles. The van der Waals surface area contributed by atoms with E-state index in [0.717, 1.165) is 0 Å². The summed E-state index contributed by atoms with van der Waals surface area (Å²) in [5.41, 5.74) is 2.37. The first-order chi connectivity index (χ1) is 8.35. The van der Waals surface area contributed by atoms with Gasteiger partial charge in [-0.15, -0.1) is 0 Å². The van der Waals surface area contributed by atoms with Gasteiger partial charge >= 0.3 is 0 Å². The highest BCUT2D eigenvalue weighted by atomic mass is 14.0. The average molecular weight is 220 g/mol. The molecule has 0 N–H and O–H groups in total. The predicted molar refractivity (Wildman–Crippen MR) is 75.9 cm³/mol. The van der Waals surface area contributed by atoms with E-state index in [9.17, 15) is 0 Å². The standard InChI is InChI=1S/C17H16/c1-3-14-9-5-7-11-16(14)13-17-12-8-6-10-15(17)4-2/h3-13H,1H2,2H3/b15-4-,17-13-. The quantitative estimate of drug-likeness (QED) is 0.730. The fraction of sp³-hybridized carbons (Fsp3) is 0.0588. The maximum Gasteiger partial charge on any atom is -0.0178 e. The first-order valence-electron chi connectivity index (χ1n) is 5.79. The van der Waals surface area contributed by atoms with Gasteiger partial charge in [-0.3, -0.25) is 0 Å². The summed E-state index contributed by atoms with van der Waals surface area (Å²) in [5, 5.41) is 2.50. The van der Waals surface area contributed by atoms with Crippen LogP contribution in [0.5, 0.6) is 0 Å². The molecule has 2 rings (SSSR count). The third-order valence-corrected chi connectivity index (χ3v) is 2.83. The minimum absolute atomic E-state index is 1.17. The van der Waals surface area contributed by atoms with Gasteiger partial charge in [0.2, 0.25) is 0 Å². The van der Waals surface area contributed by atoms with Crippen LogP contribution < -0.4 is 10.4 Å². The monoisotopic (exact) mass is 220 g/mol. The summed E-state index contributed by atoms with van der Waals surface area (Å²) < 4.78 is 0. The van der Waals surface area contributed by atoms with E-state index in [4.69, 9.17) is 0 Å². The van der Waals surface area contributed by atoms with Crippen molar-refractivity contribution in [1.82, 2.24) is 0 Å². The molecule has 0 spiro atoms.